The van der Waals surface area contributed by atoms with Gasteiger partial charge in [0.25, 0.3) is 5.91 Å². The van der Waals surface area contributed by atoms with Gasteiger partial charge in [-0.15, -0.1) is 0 Å². The van der Waals surface area contributed by atoms with Crippen molar-refractivity contribution in [1.82, 2.24) is 4.90 Å². The van der Waals surface area contributed by atoms with E-state index in [0.717, 1.165) is 25.9 Å². The maximum Gasteiger partial charge on any atom is 0.255 e. The number of carbonyl (C=O) groups is 2. The number of piperidine rings is 1. The first kappa shape index (κ1) is 15.3. The van der Waals surface area contributed by atoms with Crippen LogP contribution in [0.5, 0.6) is 0 Å². The van der Waals surface area contributed by atoms with Crippen LogP contribution in [0.4, 0.5) is 5.69 Å². The second kappa shape index (κ2) is 5.89. The lowest BCUT2D eigenvalue weighted by molar-refractivity contribution is -0.118. The average Bonchev–Trinajstić information content (AvgIpc) is 3.27. The monoisotopic (exact) mass is 321 g/mol. The van der Waals surface area contributed by atoms with E-state index in [1.54, 1.807) is 18.2 Å². The number of nitrogens with two attached hydrogens (primary N) is 1. The first-order valence-electron chi connectivity index (χ1n) is 7.69. The van der Waals surface area contributed by atoms with Crippen molar-refractivity contribution >= 4 is 29.1 Å². The van der Waals surface area contributed by atoms with E-state index in [1.807, 2.05) is 4.90 Å². The Morgan fingerprint density at radius 3 is 2.45 bits per heavy atom. The molecule has 0 spiro atoms. The maximum atomic E-state index is 12.5. The number of benzene rings is 1. The summed E-state index contributed by atoms with van der Waals surface area (Å²) in [5, 5.41) is 3.11. The molecule has 118 valence electrons. The van der Waals surface area contributed by atoms with Crippen LogP contribution in [0.1, 0.15) is 42.5 Å². The molecule has 2 amide bonds. The molecule has 22 heavy (non-hydrogen) atoms. The minimum atomic E-state index is -0.727. The number of rotatable bonds is 3. The summed E-state index contributed by atoms with van der Waals surface area (Å²) < 4.78 is 0. The van der Waals surface area contributed by atoms with Gasteiger partial charge in [0.2, 0.25) is 5.91 Å². The highest BCUT2D eigenvalue weighted by atomic mass is 35.5. The Kier molecular flexibility index (Phi) is 4.10. The lowest BCUT2D eigenvalue weighted by Crippen LogP contribution is -2.38. The van der Waals surface area contributed by atoms with Crippen molar-refractivity contribution in [2.75, 3.05) is 18.4 Å². The third-order valence-electron chi connectivity index (χ3n) is 4.34. The van der Waals surface area contributed by atoms with Gasteiger partial charge < -0.3 is 16.0 Å². The summed E-state index contributed by atoms with van der Waals surface area (Å²) in [5.74, 6) is -0.237. The zero-order chi connectivity index (χ0) is 15.7. The Morgan fingerprint density at radius 1 is 1.18 bits per heavy atom. The fraction of sp³-hybridized carbons (Fsp3) is 0.500. The standard InChI is InChI=1S/C16H20ClN3O2/c17-13-10-11(19-15(22)16(18)6-7-16)4-5-12(13)14(21)20-8-2-1-3-9-20/h4-5,10H,1-3,6-9,18H2,(H,19,22). The van der Waals surface area contributed by atoms with Crippen molar-refractivity contribution in [3.63, 3.8) is 0 Å². The van der Waals surface area contributed by atoms with E-state index < -0.39 is 5.54 Å². The molecule has 0 unspecified atom stereocenters. The predicted octanol–water partition coefficient (Wildman–Crippen LogP) is 2.40. The van der Waals surface area contributed by atoms with E-state index in [2.05, 4.69) is 5.32 Å². The van der Waals surface area contributed by atoms with E-state index in [-0.39, 0.29) is 11.8 Å². The lowest BCUT2D eigenvalue weighted by Gasteiger charge is -2.27. The molecule has 2 aliphatic rings. The molecule has 1 aliphatic carbocycles. The number of nitrogens with one attached hydrogen (secondary N) is 1. The molecule has 0 radical (unpaired) electrons. The number of amides is 2. The molecular formula is C16H20ClN3O2. The van der Waals surface area contributed by atoms with Gasteiger partial charge in [0.1, 0.15) is 0 Å². The van der Waals surface area contributed by atoms with Gasteiger partial charge in [-0.3, -0.25) is 9.59 Å². The van der Waals surface area contributed by atoms with Crippen LogP contribution in [0.25, 0.3) is 0 Å². The number of hydrogen-bond acceptors (Lipinski definition) is 3. The van der Waals surface area contributed by atoms with Gasteiger partial charge in [-0.1, -0.05) is 11.6 Å². The summed E-state index contributed by atoms with van der Waals surface area (Å²) in [6, 6.07) is 4.99. The van der Waals surface area contributed by atoms with Gasteiger partial charge in [-0.05, 0) is 50.3 Å². The van der Waals surface area contributed by atoms with E-state index in [0.29, 0.717) is 29.1 Å². The van der Waals surface area contributed by atoms with Crippen LogP contribution in [0.15, 0.2) is 18.2 Å². The fourth-order valence-corrected chi connectivity index (χ4v) is 2.91. The molecule has 5 nitrogen and oxygen atoms in total. The van der Waals surface area contributed by atoms with Crippen LogP contribution < -0.4 is 11.1 Å². The summed E-state index contributed by atoms with van der Waals surface area (Å²) in [5.41, 5.74) is 6.17. The van der Waals surface area contributed by atoms with E-state index in [9.17, 15) is 9.59 Å². The van der Waals surface area contributed by atoms with Crippen LogP contribution in [-0.4, -0.2) is 35.3 Å². The quantitative estimate of drug-likeness (QED) is 0.897. The van der Waals surface area contributed by atoms with Gasteiger partial charge in [0, 0.05) is 18.8 Å². The van der Waals surface area contributed by atoms with Crippen molar-refractivity contribution in [3.8, 4) is 0 Å². The van der Waals surface area contributed by atoms with E-state index >= 15 is 0 Å². The SMILES string of the molecule is NC1(C(=O)Nc2ccc(C(=O)N3CCCCC3)c(Cl)c2)CC1. The number of hydrogen-bond donors (Lipinski definition) is 2. The minimum Gasteiger partial charge on any atom is -0.339 e. The minimum absolute atomic E-state index is 0.0416. The van der Waals surface area contributed by atoms with Crippen molar-refractivity contribution in [2.45, 2.75) is 37.6 Å². The lowest BCUT2D eigenvalue weighted by atomic mass is 10.1. The van der Waals surface area contributed by atoms with Crippen LogP contribution in [0, 0.1) is 0 Å². The highest BCUT2D eigenvalue weighted by molar-refractivity contribution is 6.34. The highest BCUT2D eigenvalue weighted by Gasteiger charge is 2.45. The van der Waals surface area contributed by atoms with Crippen LogP contribution in [-0.2, 0) is 4.79 Å². The summed E-state index contributed by atoms with van der Waals surface area (Å²) in [6.45, 7) is 1.56. The number of likely N-dealkylation sites (tertiary alicyclic amines) is 1. The first-order chi connectivity index (χ1) is 10.5. The Hall–Kier alpha value is -1.59. The molecule has 1 saturated heterocycles. The second-order valence-electron chi connectivity index (χ2n) is 6.16. The van der Waals surface area contributed by atoms with Crippen molar-refractivity contribution < 1.29 is 9.59 Å². The molecule has 1 saturated carbocycles. The van der Waals surface area contributed by atoms with Gasteiger partial charge in [0.05, 0.1) is 16.1 Å². The van der Waals surface area contributed by atoms with Crippen molar-refractivity contribution in [3.05, 3.63) is 28.8 Å². The van der Waals surface area contributed by atoms with Crippen molar-refractivity contribution in [1.29, 1.82) is 0 Å². The average molecular weight is 322 g/mol. The summed E-state index contributed by atoms with van der Waals surface area (Å²) in [7, 11) is 0. The molecule has 2 fully saturated rings. The fourth-order valence-electron chi connectivity index (χ4n) is 2.65. The number of carbonyl (C=O) groups excluding carboxylic acids is 2. The summed E-state index contributed by atoms with van der Waals surface area (Å²) in [6.07, 6.45) is 4.66. The van der Waals surface area contributed by atoms with Crippen LogP contribution in [0.2, 0.25) is 5.02 Å². The number of anilines is 1. The van der Waals surface area contributed by atoms with E-state index in [1.165, 1.54) is 6.42 Å². The molecule has 3 rings (SSSR count). The van der Waals surface area contributed by atoms with Gasteiger partial charge in [-0.2, -0.15) is 0 Å². The Morgan fingerprint density at radius 2 is 1.86 bits per heavy atom. The molecule has 3 N–H and O–H groups in total. The number of halogens is 1. The van der Waals surface area contributed by atoms with Crippen LogP contribution in [0.3, 0.4) is 0 Å². The summed E-state index contributed by atoms with van der Waals surface area (Å²) >= 11 is 6.23. The van der Waals surface area contributed by atoms with Crippen LogP contribution >= 0.6 is 11.6 Å². The maximum absolute atomic E-state index is 12.5. The smallest absolute Gasteiger partial charge is 0.255 e. The highest BCUT2D eigenvalue weighted by Crippen LogP contribution is 2.33. The second-order valence-corrected chi connectivity index (χ2v) is 6.56. The molecule has 0 bridgehead atoms. The third-order valence-corrected chi connectivity index (χ3v) is 4.65. The zero-order valence-electron chi connectivity index (χ0n) is 12.4. The van der Waals surface area contributed by atoms with E-state index in [4.69, 9.17) is 17.3 Å². The molecular weight excluding hydrogens is 302 g/mol. The molecule has 1 aromatic rings. The van der Waals surface area contributed by atoms with Crippen molar-refractivity contribution in [2.24, 2.45) is 5.73 Å². The largest absolute Gasteiger partial charge is 0.339 e. The van der Waals surface area contributed by atoms with Gasteiger partial charge in [-0.25, -0.2) is 0 Å². The summed E-state index contributed by atoms with van der Waals surface area (Å²) in [4.78, 5) is 26.2. The Bertz CT molecular complexity index is 607. The predicted molar refractivity (Wildman–Crippen MR) is 86.0 cm³/mol. The Labute approximate surface area is 134 Å². The van der Waals surface area contributed by atoms with Gasteiger partial charge >= 0.3 is 0 Å². The molecule has 1 heterocycles. The molecule has 0 aromatic heterocycles. The molecule has 6 heteroatoms. The number of nitrogens with zero attached hydrogens (tertiary/aromatic N) is 1. The zero-order valence-corrected chi connectivity index (χ0v) is 13.2. The van der Waals surface area contributed by atoms with Gasteiger partial charge in [0.15, 0.2) is 0 Å². The molecule has 1 aromatic carbocycles. The topological polar surface area (TPSA) is 75.4 Å². The molecule has 0 atom stereocenters. The third kappa shape index (κ3) is 3.10. The molecule has 1 aliphatic heterocycles. The normalized spacial score (nSPS) is 19.6. The first-order valence-corrected chi connectivity index (χ1v) is 8.07. The Balaban J connectivity index is 1.71.